The van der Waals surface area contributed by atoms with Gasteiger partial charge in [-0.25, -0.2) is 4.79 Å². The molecule has 1 N–H and O–H groups in total. The third-order valence-corrected chi connectivity index (χ3v) is 5.26. The van der Waals surface area contributed by atoms with Crippen LogP contribution in [0.15, 0.2) is 54.9 Å². The van der Waals surface area contributed by atoms with E-state index in [1.165, 1.54) is 4.90 Å². The first kappa shape index (κ1) is 22.9. The molecule has 1 aliphatic heterocycles. The quantitative estimate of drug-likeness (QED) is 0.473. The van der Waals surface area contributed by atoms with Crippen molar-refractivity contribution in [1.82, 2.24) is 20.1 Å². The van der Waals surface area contributed by atoms with Crippen molar-refractivity contribution in [3.05, 3.63) is 66.0 Å². The Morgan fingerprint density at radius 2 is 1.91 bits per heavy atom. The molecule has 0 bridgehead atoms. The Balaban J connectivity index is 1.75. The summed E-state index contributed by atoms with van der Waals surface area (Å²) in [7, 11) is 0. The molecule has 1 aromatic carbocycles. The third kappa shape index (κ3) is 5.11. The van der Waals surface area contributed by atoms with E-state index in [1.807, 2.05) is 6.07 Å². The number of esters is 1. The van der Waals surface area contributed by atoms with E-state index in [0.29, 0.717) is 5.56 Å². The van der Waals surface area contributed by atoms with Gasteiger partial charge >= 0.3 is 12.0 Å². The highest BCUT2D eigenvalue weighted by Gasteiger charge is 2.49. The number of carbonyl (C=O) groups is 4. The van der Waals surface area contributed by atoms with E-state index in [2.05, 4.69) is 10.3 Å². The molecule has 168 valence electrons. The number of carbonyl (C=O) groups excluding carboxylic acids is 4. The van der Waals surface area contributed by atoms with Crippen LogP contribution in [0.25, 0.3) is 0 Å². The number of hydrogen-bond acceptors (Lipinski definition) is 6. The number of urea groups is 1. The molecule has 2 aromatic rings. The van der Waals surface area contributed by atoms with Gasteiger partial charge in [-0.15, -0.1) is 0 Å². The minimum absolute atomic E-state index is 0.00170. The zero-order chi connectivity index (χ0) is 23.1. The van der Waals surface area contributed by atoms with Crippen molar-refractivity contribution in [3.63, 3.8) is 0 Å². The maximum Gasteiger partial charge on any atom is 0.325 e. The van der Waals surface area contributed by atoms with Gasteiger partial charge in [0.2, 0.25) is 5.91 Å². The Bertz CT molecular complexity index is 982. The number of rotatable bonds is 9. The molecule has 1 aromatic heterocycles. The number of aromatic nitrogens is 1. The highest BCUT2D eigenvalue weighted by Crippen LogP contribution is 2.28. The maximum atomic E-state index is 13.1. The number of pyridine rings is 1. The van der Waals surface area contributed by atoms with Crippen LogP contribution in [-0.4, -0.2) is 58.3 Å². The van der Waals surface area contributed by atoms with Crippen LogP contribution in [0.2, 0.25) is 0 Å². The van der Waals surface area contributed by atoms with Gasteiger partial charge < -0.3 is 15.0 Å². The third-order valence-electron chi connectivity index (χ3n) is 5.26. The maximum absolute atomic E-state index is 13.1. The summed E-state index contributed by atoms with van der Waals surface area (Å²) in [5, 5.41) is 2.69. The first-order valence-electron chi connectivity index (χ1n) is 10.4. The van der Waals surface area contributed by atoms with Crippen LogP contribution in [-0.2, 0) is 31.2 Å². The van der Waals surface area contributed by atoms with Gasteiger partial charge in [0, 0.05) is 25.5 Å². The minimum Gasteiger partial charge on any atom is -0.466 e. The monoisotopic (exact) mass is 438 g/mol. The van der Waals surface area contributed by atoms with Crippen LogP contribution in [0, 0.1) is 0 Å². The van der Waals surface area contributed by atoms with E-state index >= 15 is 0 Å². The Morgan fingerprint density at radius 1 is 1.16 bits per heavy atom. The van der Waals surface area contributed by atoms with Gasteiger partial charge in [0.1, 0.15) is 12.1 Å². The fraction of sp³-hybridized carbons (Fsp3) is 0.348. The summed E-state index contributed by atoms with van der Waals surface area (Å²) in [4.78, 5) is 57.0. The molecule has 9 nitrogen and oxygen atoms in total. The number of amides is 4. The van der Waals surface area contributed by atoms with Gasteiger partial charge in [0.15, 0.2) is 0 Å². The van der Waals surface area contributed by atoms with Crippen molar-refractivity contribution in [2.45, 2.75) is 32.4 Å². The molecule has 1 atom stereocenters. The zero-order valence-corrected chi connectivity index (χ0v) is 18.1. The van der Waals surface area contributed by atoms with Crippen LogP contribution < -0.4 is 5.32 Å². The second kappa shape index (κ2) is 10.0. The van der Waals surface area contributed by atoms with Crippen LogP contribution in [0.3, 0.4) is 0 Å². The van der Waals surface area contributed by atoms with E-state index < -0.39 is 35.9 Å². The molecular weight excluding hydrogens is 412 g/mol. The summed E-state index contributed by atoms with van der Waals surface area (Å²) in [6.07, 6.45) is 3.23. The lowest BCUT2D eigenvalue weighted by Gasteiger charge is -2.25. The van der Waals surface area contributed by atoms with Crippen molar-refractivity contribution in [2.75, 3.05) is 19.7 Å². The standard InChI is InChI=1S/C23H26N4O5/c1-3-32-20(29)11-13-26(15-17-8-7-12-24-14-17)19(28)16-27-21(30)23(2,25-22(27)31)18-9-5-4-6-10-18/h4-10,12,14H,3,11,13,15-16H2,1-2H3,(H,25,31)/t23-/m0/s1. The highest BCUT2D eigenvalue weighted by atomic mass is 16.5. The highest BCUT2D eigenvalue weighted by molar-refractivity contribution is 6.09. The fourth-order valence-electron chi connectivity index (χ4n) is 3.51. The molecule has 1 saturated heterocycles. The number of ether oxygens (including phenoxy) is 1. The Morgan fingerprint density at radius 3 is 2.56 bits per heavy atom. The van der Waals surface area contributed by atoms with Crippen LogP contribution in [0.5, 0.6) is 0 Å². The lowest BCUT2D eigenvalue weighted by molar-refractivity contribution is -0.145. The van der Waals surface area contributed by atoms with Gasteiger partial charge in [-0.3, -0.25) is 24.3 Å². The van der Waals surface area contributed by atoms with Crippen molar-refractivity contribution in [1.29, 1.82) is 0 Å². The Labute approximate surface area is 186 Å². The number of benzene rings is 1. The molecule has 2 heterocycles. The minimum atomic E-state index is -1.25. The second-order valence-corrected chi connectivity index (χ2v) is 7.54. The first-order valence-corrected chi connectivity index (χ1v) is 10.4. The molecular formula is C23H26N4O5. The number of nitrogens with zero attached hydrogens (tertiary/aromatic N) is 3. The van der Waals surface area contributed by atoms with Crippen molar-refractivity contribution in [2.24, 2.45) is 0 Å². The summed E-state index contributed by atoms with van der Waals surface area (Å²) < 4.78 is 4.95. The van der Waals surface area contributed by atoms with Crippen LogP contribution in [0.4, 0.5) is 4.79 Å². The van der Waals surface area contributed by atoms with Gasteiger partial charge in [-0.05, 0) is 31.0 Å². The molecule has 32 heavy (non-hydrogen) atoms. The van der Waals surface area contributed by atoms with Crippen LogP contribution >= 0.6 is 0 Å². The molecule has 0 radical (unpaired) electrons. The van der Waals surface area contributed by atoms with Gasteiger partial charge in [0.05, 0.1) is 13.0 Å². The number of imide groups is 1. The van der Waals surface area contributed by atoms with Gasteiger partial charge in [-0.1, -0.05) is 36.4 Å². The topological polar surface area (TPSA) is 109 Å². The lowest BCUT2D eigenvalue weighted by atomic mass is 9.92. The van der Waals surface area contributed by atoms with Gasteiger partial charge in [-0.2, -0.15) is 0 Å². The first-order chi connectivity index (χ1) is 15.3. The molecule has 1 fully saturated rings. The Hall–Kier alpha value is -3.75. The molecule has 9 heteroatoms. The summed E-state index contributed by atoms with van der Waals surface area (Å²) >= 11 is 0. The molecule has 0 unspecified atom stereocenters. The predicted molar refractivity (Wildman–Crippen MR) is 115 cm³/mol. The Kier molecular flexibility index (Phi) is 7.19. The average molecular weight is 438 g/mol. The lowest BCUT2D eigenvalue weighted by Crippen LogP contribution is -2.45. The summed E-state index contributed by atoms with van der Waals surface area (Å²) in [6, 6.07) is 11.8. The van der Waals surface area contributed by atoms with Crippen LogP contribution in [0.1, 0.15) is 31.4 Å². The smallest absolute Gasteiger partial charge is 0.325 e. The molecule has 0 saturated carbocycles. The van der Waals surface area contributed by atoms with Crippen molar-refractivity contribution in [3.8, 4) is 0 Å². The van der Waals surface area contributed by atoms with E-state index in [1.54, 1.807) is 62.6 Å². The molecule has 0 aliphatic carbocycles. The summed E-state index contributed by atoms with van der Waals surface area (Å²) in [5.74, 6) is -1.39. The molecule has 4 amide bonds. The normalized spacial score (nSPS) is 17.8. The van der Waals surface area contributed by atoms with E-state index in [4.69, 9.17) is 4.74 Å². The summed E-state index contributed by atoms with van der Waals surface area (Å²) in [6.45, 7) is 3.41. The van der Waals surface area contributed by atoms with E-state index in [-0.39, 0.29) is 26.1 Å². The molecule has 3 rings (SSSR count). The average Bonchev–Trinajstić information content (AvgIpc) is 3.02. The number of hydrogen-bond donors (Lipinski definition) is 1. The SMILES string of the molecule is CCOC(=O)CCN(Cc1cccnc1)C(=O)CN1C(=O)N[C@@](C)(c2ccccc2)C1=O. The number of nitrogens with one attached hydrogen (secondary N) is 1. The van der Waals surface area contributed by atoms with Crippen molar-refractivity contribution < 1.29 is 23.9 Å². The second-order valence-electron chi connectivity index (χ2n) is 7.54. The molecule has 0 spiro atoms. The fourth-order valence-corrected chi connectivity index (χ4v) is 3.51. The largest absolute Gasteiger partial charge is 0.466 e. The van der Waals surface area contributed by atoms with Gasteiger partial charge in [0.25, 0.3) is 5.91 Å². The molecule has 1 aliphatic rings. The summed E-state index contributed by atoms with van der Waals surface area (Å²) in [5.41, 5.74) is 0.136. The van der Waals surface area contributed by atoms with E-state index in [0.717, 1.165) is 10.5 Å². The predicted octanol–water partition coefficient (Wildman–Crippen LogP) is 1.83. The van der Waals surface area contributed by atoms with Crippen molar-refractivity contribution >= 4 is 23.8 Å². The van der Waals surface area contributed by atoms with E-state index in [9.17, 15) is 19.2 Å². The zero-order valence-electron chi connectivity index (χ0n) is 18.1.